The van der Waals surface area contributed by atoms with Crippen LogP contribution in [0.2, 0.25) is 0 Å². The molecule has 1 amide bonds. The highest BCUT2D eigenvalue weighted by atomic mass is 16.7. The molecule has 0 saturated carbocycles. The number of hydrogen-bond donors (Lipinski definition) is 1. The zero-order valence-corrected chi connectivity index (χ0v) is 18.8. The Balaban J connectivity index is 2.34. The van der Waals surface area contributed by atoms with Crippen molar-refractivity contribution in [2.24, 2.45) is 0 Å². The number of carbonyl (C=O) groups excluding carboxylic acids is 5. The van der Waals surface area contributed by atoms with Gasteiger partial charge >= 0.3 is 17.9 Å². The molecule has 33 heavy (non-hydrogen) atoms. The summed E-state index contributed by atoms with van der Waals surface area (Å²) in [6, 6.07) is 5.54. The van der Waals surface area contributed by atoms with E-state index in [1.54, 1.807) is 24.3 Å². The highest BCUT2D eigenvalue weighted by Gasteiger charge is 2.51. The minimum absolute atomic E-state index is 0.0190. The summed E-state index contributed by atoms with van der Waals surface area (Å²) < 4.78 is 27.5. The molecule has 0 aromatic heterocycles. The van der Waals surface area contributed by atoms with Crippen LogP contribution in [0.4, 0.5) is 0 Å². The number of nitrogens with one attached hydrogen (secondary N) is 1. The van der Waals surface area contributed by atoms with Gasteiger partial charge in [0.15, 0.2) is 18.5 Å². The van der Waals surface area contributed by atoms with Gasteiger partial charge in [0.25, 0.3) is 0 Å². The summed E-state index contributed by atoms with van der Waals surface area (Å²) >= 11 is 0. The summed E-state index contributed by atoms with van der Waals surface area (Å²) in [5, 5.41) is 2.62. The number of rotatable bonds is 9. The van der Waals surface area contributed by atoms with E-state index < -0.39 is 54.5 Å². The molecule has 180 valence electrons. The van der Waals surface area contributed by atoms with E-state index in [4.69, 9.17) is 23.7 Å². The Kier molecular flexibility index (Phi) is 9.49. The van der Waals surface area contributed by atoms with Gasteiger partial charge in [-0.25, -0.2) is 0 Å². The molecule has 1 aromatic carbocycles. The lowest BCUT2D eigenvalue weighted by molar-refractivity contribution is -0.280. The molecule has 0 spiro atoms. The fourth-order valence-electron chi connectivity index (χ4n) is 3.30. The summed E-state index contributed by atoms with van der Waals surface area (Å²) in [6.07, 6.45) is -3.87. The number of carbonyl (C=O) groups is 5. The predicted molar refractivity (Wildman–Crippen MR) is 111 cm³/mol. The van der Waals surface area contributed by atoms with Crippen LogP contribution in [0.3, 0.4) is 0 Å². The Labute approximate surface area is 190 Å². The third-order valence-corrected chi connectivity index (χ3v) is 4.60. The molecule has 1 aliphatic rings. The highest BCUT2D eigenvalue weighted by Crippen LogP contribution is 2.28. The third-order valence-electron chi connectivity index (χ3n) is 4.60. The van der Waals surface area contributed by atoms with Crippen LogP contribution in [0.5, 0.6) is 0 Å². The number of esters is 3. The number of amides is 1. The van der Waals surface area contributed by atoms with Gasteiger partial charge in [-0.05, 0) is 5.56 Å². The molecule has 1 heterocycles. The van der Waals surface area contributed by atoms with Gasteiger partial charge in [-0.3, -0.25) is 24.0 Å². The van der Waals surface area contributed by atoms with Crippen LogP contribution in [-0.2, 0) is 49.5 Å². The van der Waals surface area contributed by atoms with Gasteiger partial charge in [-0.1, -0.05) is 24.3 Å². The second-order valence-electron chi connectivity index (χ2n) is 7.39. The van der Waals surface area contributed by atoms with Gasteiger partial charge in [0.1, 0.15) is 25.0 Å². The Bertz CT molecular complexity index is 868. The molecule has 2 rings (SSSR count). The Morgan fingerprint density at radius 1 is 0.939 bits per heavy atom. The molecule has 0 aliphatic carbocycles. The van der Waals surface area contributed by atoms with Gasteiger partial charge in [0.2, 0.25) is 5.91 Å². The van der Waals surface area contributed by atoms with E-state index in [9.17, 15) is 24.0 Å². The first kappa shape index (κ1) is 25.9. The first-order chi connectivity index (χ1) is 15.6. The van der Waals surface area contributed by atoms with E-state index in [0.717, 1.165) is 13.8 Å². The number of benzene rings is 1. The summed E-state index contributed by atoms with van der Waals surface area (Å²) in [5.41, 5.74) is 1.19. The van der Waals surface area contributed by atoms with Crippen LogP contribution >= 0.6 is 0 Å². The van der Waals surface area contributed by atoms with E-state index in [1.165, 1.54) is 13.8 Å². The molecule has 1 N–H and O–H groups in total. The summed E-state index contributed by atoms with van der Waals surface area (Å²) in [4.78, 5) is 57.6. The van der Waals surface area contributed by atoms with E-state index >= 15 is 0 Å². The zero-order chi connectivity index (χ0) is 24.5. The molecular weight excluding hydrogens is 438 g/mol. The van der Waals surface area contributed by atoms with E-state index in [2.05, 4.69) is 5.32 Å². The van der Waals surface area contributed by atoms with Gasteiger partial charge < -0.3 is 29.0 Å². The van der Waals surface area contributed by atoms with Gasteiger partial charge in [0.05, 0.1) is 6.61 Å². The molecule has 1 aliphatic heterocycles. The lowest BCUT2D eigenvalue weighted by atomic mass is 9.96. The molecule has 1 fully saturated rings. The van der Waals surface area contributed by atoms with Crippen molar-refractivity contribution in [1.82, 2.24) is 5.32 Å². The third kappa shape index (κ3) is 7.95. The lowest BCUT2D eigenvalue weighted by Crippen LogP contribution is -2.66. The second kappa shape index (κ2) is 12.1. The normalized spacial score (nSPS) is 24.3. The fraction of sp³-hybridized carbons (Fsp3) is 0.500. The standard InChI is InChI=1S/C22H27NO10/c1-12(25)23-19-21(32-15(4)28)20(31-14(3)27)18(11-29-13(2)26)33-22(19)30-10-17-7-5-16(9-24)6-8-17/h5-9,18-22H,10-11H2,1-4H3,(H,23,25)/t18-,19-,20+,21-,22-/m1/s1. The minimum atomic E-state index is -1.19. The smallest absolute Gasteiger partial charge is 0.303 e. The predicted octanol–water partition coefficient (Wildman–Crippen LogP) is 0.672. The van der Waals surface area contributed by atoms with E-state index in [0.29, 0.717) is 17.4 Å². The average Bonchev–Trinajstić information content (AvgIpc) is 2.73. The monoisotopic (exact) mass is 465 g/mol. The lowest BCUT2D eigenvalue weighted by Gasteiger charge is -2.44. The van der Waals surface area contributed by atoms with Crippen molar-refractivity contribution in [3.8, 4) is 0 Å². The summed E-state index contributed by atoms with van der Waals surface area (Å²) in [5.74, 6) is -2.45. The molecule has 0 unspecified atom stereocenters. The molecule has 0 bridgehead atoms. The van der Waals surface area contributed by atoms with Crippen LogP contribution in [-0.4, -0.2) is 67.4 Å². The first-order valence-corrected chi connectivity index (χ1v) is 10.2. The van der Waals surface area contributed by atoms with Gasteiger partial charge in [0, 0.05) is 33.3 Å². The number of hydrogen-bond acceptors (Lipinski definition) is 10. The molecule has 11 nitrogen and oxygen atoms in total. The number of aldehydes is 1. The highest BCUT2D eigenvalue weighted by molar-refractivity contribution is 5.74. The molecule has 5 atom stereocenters. The maximum absolute atomic E-state index is 11.9. The van der Waals surface area contributed by atoms with Crippen molar-refractivity contribution in [1.29, 1.82) is 0 Å². The van der Waals surface area contributed by atoms with E-state index in [1.807, 2.05) is 0 Å². The second-order valence-corrected chi connectivity index (χ2v) is 7.39. The quantitative estimate of drug-likeness (QED) is 0.314. The van der Waals surface area contributed by atoms with E-state index in [-0.39, 0.29) is 13.2 Å². The van der Waals surface area contributed by atoms with Crippen molar-refractivity contribution in [2.45, 2.75) is 64.9 Å². The minimum Gasteiger partial charge on any atom is -0.463 e. The maximum Gasteiger partial charge on any atom is 0.303 e. The fourth-order valence-corrected chi connectivity index (χ4v) is 3.30. The SMILES string of the molecule is CC(=O)N[C@H]1[C@H](OCc2ccc(C=O)cc2)O[C@H](COC(C)=O)[C@H](OC(C)=O)[C@@H]1OC(C)=O. The average molecular weight is 465 g/mol. The molecule has 1 aromatic rings. The van der Waals surface area contributed by atoms with Crippen molar-refractivity contribution in [3.05, 3.63) is 35.4 Å². The number of ether oxygens (including phenoxy) is 5. The van der Waals surface area contributed by atoms with Crippen LogP contribution in [0.25, 0.3) is 0 Å². The topological polar surface area (TPSA) is 144 Å². The Morgan fingerprint density at radius 2 is 1.55 bits per heavy atom. The van der Waals surface area contributed by atoms with Crippen molar-refractivity contribution in [2.75, 3.05) is 6.61 Å². The van der Waals surface area contributed by atoms with Gasteiger partial charge in [-0.2, -0.15) is 0 Å². The first-order valence-electron chi connectivity index (χ1n) is 10.2. The largest absolute Gasteiger partial charge is 0.463 e. The molecule has 0 radical (unpaired) electrons. The van der Waals surface area contributed by atoms with Crippen molar-refractivity contribution >= 4 is 30.1 Å². The summed E-state index contributed by atoms with van der Waals surface area (Å²) in [7, 11) is 0. The van der Waals surface area contributed by atoms with Gasteiger partial charge in [-0.15, -0.1) is 0 Å². The zero-order valence-electron chi connectivity index (χ0n) is 18.8. The van der Waals surface area contributed by atoms with Crippen LogP contribution in [0, 0.1) is 0 Å². The van der Waals surface area contributed by atoms with Crippen LogP contribution in [0.1, 0.15) is 43.6 Å². The van der Waals surface area contributed by atoms with Crippen LogP contribution in [0.15, 0.2) is 24.3 Å². The Morgan fingerprint density at radius 3 is 2.06 bits per heavy atom. The molecule has 11 heteroatoms. The maximum atomic E-state index is 11.9. The van der Waals surface area contributed by atoms with Crippen molar-refractivity contribution in [3.63, 3.8) is 0 Å². The molecule has 1 saturated heterocycles. The molecular formula is C22H27NO10. The Hall–Kier alpha value is -3.31. The van der Waals surface area contributed by atoms with Crippen LogP contribution < -0.4 is 5.32 Å². The van der Waals surface area contributed by atoms with Crippen molar-refractivity contribution < 1.29 is 47.7 Å². The summed E-state index contributed by atoms with van der Waals surface area (Å²) in [6.45, 7) is 4.48.